The van der Waals surface area contributed by atoms with E-state index in [9.17, 15) is 0 Å². The Kier molecular flexibility index (Phi) is 2.85. The molecule has 0 aromatic carbocycles. The van der Waals surface area contributed by atoms with Gasteiger partial charge in [0.25, 0.3) is 0 Å². The Balaban J connectivity index is 1.79. The quantitative estimate of drug-likeness (QED) is 0.720. The first-order chi connectivity index (χ1) is 6.66. The van der Waals surface area contributed by atoms with E-state index >= 15 is 0 Å². The first-order valence-electron chi connectivity index (χ1n) is 6.09. The predicted octanol–water partition coefficient (Wildman–Crippen LogP) is 1.91. The summed E-state index contributed by atoms with van der Waals surface area (Å²) in [6.45, 7) is 4.51. The van der Waals surface area contributed by atoms with Crippen molar-refractivity contribution < 1.29 is 0 Å². The van der Waals surface area contributed by atoms with Gasteiger partial charge in [0.1, 0.15) is 0 Å². The van der Waals surface area contributed by atoms with Crippen molar-refractivity contribution in [2.75, 3.05) is 7.05 Å². The summed E-state index contributed by atoms with van der Waals surface area (Å²) in [6, 6.07) is 2.28. The van der Waals surface area contributed by atoms with E-state index in [-0.39, 0.29) is 0 Å². The maximum absolute atomic E-state index is 3.69. The second kappa shape index (κ2) is 3.82. The van der Waals surface area contributed by atoms with Gasteiger partial charge in [-0.25, -0.2) is 0 Å². The van der Waals surface area contributed by atoms with E-state index in [1.807, 2.05) is 0 Å². The maximum Gasteiger partial charge on any atom is 0.0132 e. The van der Waals surface area contributed by atoms with E-state index in [1.165, 1.54) is 32.1 Å². The van der Waals surface area contributed by atoms with Crippen molar-refractivity contribution in [1.82, 2.24) is 10.6 Å². The summed E-state index contributed by atoms with van der Waals surface area (Å²) < 4.78 is 0. The Morgan fingerprint density at radius 2 is 1.86 bits per heavy atom. The van der Waals surface area contributed by atoms with Crippen molar-refractivity contribution in [1.29, 1.82) is 0 Å². The molecule has 2 aliphatic carbocycles. The molecule has 0 amide bonds. The van der Waals surface area contributed by atoms with E-state index in [2.05, 4.69) is 31.5 Å². The lowest BCUT2D eigenvalue weighted by atomic mass is 9.83. The third-order valence-electron chi connectivity index (χ3n) is 4.11. The van der Waals surface area contributed by atoms with Crippen molar-refractivity contribution in [3.63, 3.8) is 0 Å². The van der Waals surface area contributed by atoms with Crippen LogP contribution in [-0.4, -0.2) is 25.2 Å². The largest absolute Gasteiger partial charge is 0.317 e. The van der Waals surface area contributed by atoms with Crippen LogP contribution in [0.4, 0.5) is 0 Å². The van der Waals surface area contributed by atoms with Gasteiger partial charge in [-0.3, -0.25) is 0 Å². The highest BCUT2D eigenvalue weighted by molar-refractivity contribution is 5.10. The van der Waals surface area contributed by atoms with Crippen LogP contribution in [0, 0.1) is 5.41 Å². The van der Waals surface area contributed by atoms with Gasteiger partial charge in [0.15, 0.2) is 0 Å². The molecule has 2 heteroatoms. The molecule has 0 radical (unpaired) electrons. The fourth-order valence-corrected chi connectivity index (χ4v) is 3.02. The Morgan fingerprint density at radius 1 is 1.21 bits per heavy atom. The minimum absolute atomic E-state index is 0.654. The molecule has 1 unspecified atom stereocenters. The Bertz CT molecular complexity index is 192. The molecule has 0 aromatic heterocycles. The molecule has 0 aliphatic heterocycles. The van der Waals surface area contributed by atoms with Gasteiger partial charge < -0.3 is 10.6 Å². The lowest BCUT2D eigenvalue weighted by Crippen LogP contribution is -2.35. The molecule has 0 heterocycles. The highest BCUT2D eigenvalue weighted by Crippen LogP contribution is 2.56. The zero-order chi connectivity index (χ0) is 10.2. The van der Waals surface area contributed by atoms with Crippen molar-refractivity contribution in [2.45, 2.75) is 64.1 Å². The van der Waals surface area contributed by atoms with Crippen molar-refractivity contribution in [3.05, 3.63) is 0 Å². The van der Waals surface area contributed by atoms with Gasteiger partial charge in [-0.1, -0.05) is 13.8 Å². The van der Waals surface area contributed by atoms with Crippen LogP contribution in [0.5, 0.6) is 0 Å². The van der Waals surface area contributed by atoms with E-state index in [1.54, 1.807) is 0 Å². The van der Waals surface area contributed by atoms with Gasteiger partial charge in [-0.05, 0) is 44.6 Å². The molecule has 1 spiro atoms. The third kappa shape index (κ3) is 1.96. The SMILES string of the molecule is CNC1CCC2(CC1)CC2NC(C)C. The monoisotopic (exact) mass is 196 g/mol. The van der Waals surface area contributed by atoms with Crippen molar-refractivity contribution in [3.8, 4) is 0 Å². The zero-order valence-corrected chi connectivity index (χ0v) is 9.77. The standard InChI is InChI=1S/C12H24N2/c1-9(2)14-11-8-12(11)6-4-10(13-3)5-7-12/h9-11,13-14H,4-8H2,1-3H3. The lowest BCUT2D eigenvalue weighted by Gasteiger charge is -2.29. The van der Waals surface area contributed by atoms with Crippen molar-refractivity contribution >= 4 is 0 Å². The number of rotatable bonds is 3. The van der Waals surface area contributed by atoms with Gasteiger partial charge >= 0.3 is 0 Å². The first-order valence-corrected chi connectivity index (χ1v) is 6.09. The normalized spacial score (nSPS) is 42.0. The summed E-state index contributed by atoms with van der Waals surface area (Å²) in [5, 5.41) is 7.09. The molecule has 2 fully saturated rings. The number of hydrogen-bond acceptors (Lipinski definition) is 2. The van der Waals surface area contributed by atoms with Gasteiger partial charge in [0, 0.05) is 18.1 Å². The average molecular weight is 196 g/mol. The molecule has 2 rings (SSSR count). The van der Waals surface area contributed by atoms with Crippen LogP contribution >= 0.6 is 0 Å². The molecule has 2 saturated carbocycles. The zero-order valence-electron chi connectivity index (χ0n) is 9.77. The summed E-state index contributed by atoms with van der Waals surface area (Å²) in [7, 11) is 2.10. The minimum Gasteiger partial charge on any atom is -0.317 e. The highest BCUT2D eigenvalue weighted by atomic mass is 15.0. The lowest BCUT2D eigenvalue weighted by molar-refractivity contribution is 0.265. The predicted molar refractivity (Wildman–Crippen MR) is 60.4 cm³/mol. The van der Waals surface area contributed by atoms with Crippen LogP contribution in [0.15, 0.2) is 0 Å². The van der Waals surface area contributed by atoms with Gasteiger partial charge in [0.05, 0.1) is 0 Å². The van der Waals surface area contributed by atoms with Crippen LogP contribution in [0.3, 0.4) is 0 Å². The minimum atomic E-state index is 0.654. The topological polar surface area (TPSA) is 24.1 Å². The fraction of sp³-hybridized carbons (Fsp3) is 1.00. The van der Waals surface area contributed by atoms with Gasteiger partial charge in [-0.2, -0.15) is 0 Å². The Hall–Kier alpha value is -0.0800. The summed E-state index contributed by atoms with van der Waals surface area (Å²) in [5.74, 6) is 0. The average Bonchev–Trinajstić information content (AvgIpc) is 2.79. The molecule has 0 aromatic rings. The third-order valence-corrected chi connectivity index (χ3v) is 4.11. The van der Waals surface area contributed by atoms with Crippen LogP contribution in [-0.2, 0) is 0 Å². The summed E-state index contributed by atoms with van der Waals surface area (Å²) >= 11 is 0. The molecule has 1 atom stereocenters. The molecule has 2 N–H and O–H groups in total. The second-order valence-electron chi connectivity index (χ2n) is 5.50. The smallest absolute Gasteiger partial charge is 0.0132 e. The maximum atomic E-state index is 3.69. The highest BCUT2D eigenvalue weighted by Gasteiger charge is 2.54. The molecular weight excluding hydrogens is 172 g/mol. The van der Waals surface area contributed by atoms with Crippen LogP contribution in [0.2, 0.25) is 0 Å². The molecular formula is C12H24N2. The molecule has 0 saturated heterocycles. The summed E-state index contributed by atoms with van der Waals surface area (Å²) in [6.07, 6.45) is 7.06. The number of hydrogen-bond donors (Lipinski definition) is 2. The summed E-state index contributed by atoms with van der Waals surface area (Å²) in [4.78, 5) is 0. The molecule has 0 bridgehead atoms. The number of nitrogens with one attached hydrogen (secondary N) is 2. The van der Waals surface area contributed by atoms with E-state index in [0.717, 1.165) is 12.1 Å². The van der Waals surface area contributed by atoms with Gasteiger partial charge in [0.2, 0.25) is 0 Å². The molecule has 2 nitrogen and oxygen atoms in total. The van der Waals surface area contributed by atoms with Gasteiger partial charge in [-0.15, -0.1) is 0 Å². The van der Waals surface area contributed by atoms with E-state index in [4.69, 9.17) is 0 Å². The fourth-order valence-electron chi connectivity index (χ4n) is 3.02. The van der Waals surface area contributed by atoms with Crippen LogP contribution < -0.4 is 10.6 Å². The van der Waals surface area contributed by atoms with E-state index in [0.29, 0.717) is 11.5 Å². The van der Waals surface area contributed by atoms with Crippen LogP contribution in [0.25, 0.3) is 0 Å². The van der Waals surface area contributed by atoms with Crippen molar-refractivity contribution in [2.24, 2.45) is 5.41 Å². The Morgan fingerprint density at radius 3 is 2.36 bits per heavy atom. The summed E-state index contributed by atoms with van der Waals surface area (Å²) in [5.41, 5.74) is 0.706. The van der Waals surface area contributed by atoms with E-state index < -0.39 is 0 Å². The molecule has 82 valence electrons. The Labute approximate surface area is 87.8 Å². The first kappa shape index (κ1) is 10.4. The second-order valence-corrected chi connectivity index (χ2v) is 5.50. The molecule has 2 aliphatic rings. The molecule has 14 heavy (non-hydrogen) atoms. The van der Waals surface area contributed by atoms with Crippen LogP contribution in [0.1, 0.15) is 46.0 Å².